The van der Waals surface area contributed by atoms with E-state index in [4.69, 9.17) is 9.47 Å². The monoisotopic (exact) mass is 427 g/mol. The van der Waals surface area contributed by atoms with Crippen molar-refractivity contribution in [3.63, 3.8) is 0 Å². The van der Waals surface area contributed by atoms with Crippen LogP contribution in [0.4, 0.5) is 13.2 Å². The third-order valence-electron chi connectivity index (χ3n) is 5.39. The number of ether oxygens (including phenoxy) is 2. The van der Waals surface area contributed by atoms with E-state index in [0.717, 1.165) is 16.8 Å². The van der Waals surface area contributed by atoms with Crippen molar-refractivity contribution in [2.75, 3.05) is 14.2 Å². The van der Waals surface area contributed by atoms with Gasteiger partial charge in [0.2, 0.25) is 11.8 Å². The molecule has 0 saturated heterocycles. The van der Waals surface area contributed by atoms with Gasteiger partial charge in [-0.05, 0) is 36.0 Å². The fourth-order valence-corrected chi connectivity index (χ4v) is 3.84. The molecule has 1 fully saturated rings. The SMILES string of the molecule is COc1ncc(-c2cc([C@H]3C[C@@H]3c3ccc(F)cc3F)c3ncc(F)n3n2)c(OC)n1. The molecule has 1 aliphatic carbocycles. The van der Waals surface area contributed by atoms with Crippen molar-refractivity contribution in [1.29, 1.82) is 0 Å². The summed E-state index contributed by atoms with van der Waals surface area (Å²) in [5.74, 6) is -1.96. The lowest BCUT2D eigenvalue weighted by Gasteiger charge is -2.11. The first-order valence-electron chi connectivity index (χ1n) is 9.44. The molecule has 10 heteroatoms. The van der Waals surface area contributed by atoms with Crippen molar-refractivity contribution >= 4 is 5.65 Å². The number of aromatic nitrogens is 5. The van der Waals surface area contributed by atoms with E-state index in [-0.39, 0.29) is 23.7 Å². The molecule has 3 aromatic heterocycles. The van der Waals surface area contributed by atoms with Crippen molar-refractivity contribution in [3.05, 3.63) is 65.4 Å². The molecule has 0 spiro atoms. The zero-order chi connectivity index (χ0) is 21.7. The molecule has 31 heavy (non-hydrogen) atoms. The van der Waals surface area contributed by atoms with Crippen LogP contribution in [0.5, 0.6) is 11.9 Å². The van der Waals surface area contributed by atoms with Crippen LogP contribution in [-0.2, 0) is 0 Å². The molecule has 3 heterocycles. The second-order valence-corrected chi connectivity index (χ2v) is 7.20. The second-order valence-electron chi connectivity index (χ2n) is 7.20. The van der Waals surface area contributed by atoms with Crippen LogP contribution in [-0.4, -0.2) is 38.8 Å². The summed E-state index contributed by atoms with van der Waals surface area (Å²) in [5, 5.41) is 4.32. The van der Waals surface area contributed by atoms with Crippen LogP contribution in [0.25, 0.3) is 16.9 Å². The van der Waals surface area contributed by atoms with Crippen molar-refractivity contribution < 1.29 is 22.6 Å². The van der Waals surface area contributed by atoms with Gasteiger partial charge in [-0.1, -0.05) is 6.07 Å². The minimum Gasteiger partial charge on any atom is -0.480 e. The quantitative estimate of drug-likeness (QED) is 0.481. The fourth-order valence-electron chi connectivity index (χ4n) is 3.84. The first kappa shape index (κ1) is 19.3. The molecule has 0 amide bonds. The predicted molar refractivity (Wildman–Crippen MR) is 104 cm³/mol. The molecule has 7 nitrogen and oxygen atoms in total. The lowest BCUT2D eigenvalue weighted by molar-refractivity contribution is 0.353. The summed E-state index contributed by atoms with van der Waals surface area (Å²) in [7, 11) is 2.87. The molecule has 1 aromatic carbocycles. The summed E-state index contributed by atoms with van der Waals surface area (Å²) in [6, 6.07) is 5.41. The summed E-state index contributed by atoms with van der Waals surface area (Å²) < 4.78 is 53.4. The Balaban J connectivity index is 1.62. The van der Waals surface area contributed by atoms with Gasteiger partial charge in [0.1, 0.15) is 11.6 Å². The Morgan fingerprint density at radius 3 is 2.52 bits per heavy atom. The molecule has 0 aliphatic heterocycles. The fraction of sp³-hybridized carbons (Fsp3) is 0.238. The Labute approximate surface area is 174 Å². The van der Waals surface area contributed by atoms with Crippen molar-refractivity contribution in [2.24, 2.45) is 0 Å². The Kier molecular flexibility index (Phi) is 4.49. The summed E-state index contributed by atoms with van der Waals surface area (Å²) in [6.45, 7) is 0. The van der Waals surface area contributed by atoms with Gasteiger partial charge in [0.25, 0.3) is 0 Å². The van der Waals surface area contributed by atoms with Crippen LogP contribution in [0.15, 0.2) is 36.7 Å². The van der Waals surface area contributed by atoms with E-state index < -0.39 is 17.6 Å². The second kappa shape index (κ2) is 7.22. The average Bonchev–Trinajstić information content (AvgIpc) is 3.48. The topological polar surface area (TPSA) is 74.4 Å². The van der Waals surface area contributed by atoms with Gasteiger partial charge in [0, 0.05) is 17.8 Å². The maximum Gasteiger partial charge on any atom is 0.319 e. The lowest BCUT2D eigenvalue weighted by Crippen LogP contribution is -2.04. The van der Waals surface area contributed by atoms with E-state index >= 15 is 0 Å². The van der Waals surface area contributed by atoms with Crippen molar-refractivity contribution in [2.45, 2.75) is 18.3 Å². The summed E-state index contributed by atoms with van der Waals surface area (Å²) >= 11 is 0. The maximum absolute atomic E-state index is 14.4. The zero-order valence-corrected chi connectivity index (χ0v) is 16.5. The van der Waals surface area contributed by atoms with E-state index in [1.807, 2.05) is 0 Å². The highest BCUT2D eigenvalue weighted by Gasteiger charge is 2.43. The van der Waals surface area contributed by atoms with E-state index in [9.17, 15) is 13.2 Å². The highest BCUT2D eigenvalue weighted by Crippen LogP contribution is 2.56. The number of halogens is 3. The lowest BCUT2D eigenvalue weighted by atomic mass is 10.0. The maximum atomic E-state index is 14.4. The van der Waals surface area contributed by atoms with Gasteiger partial charge < -0.3 is 9.47 Å². The first-order valence-corrected chi connectivity index (χ1v) is 9.44. The van der Waals surface area contributed by atoms with Crippen LogP contribution >= 0.6 is 0 Å². The van der Waals surface area contributed by atoms with Crippen LogP contribution in [0.1, 0.15) is 29.4 Å². The number of benzene rings is 1. The Bertz CT molecular complexity index is 1310. The molecule has 0 bridgehead atoms. The van der Waals surface area contributed by atoms with Gasteiger partial charge in [0.15, 0.2) is 5.65 Å². The molecular formula is C21H16F3N5O2. The molecule has 0 N–H and O–H groups in total. The van der Waals surface area contributed by atoms with E-state index in [0.29, 0.717) is 34.5 Å². The molecule has 4 aromatic rings. The highest BCUT2D eigenvalue weighted by atomic mass is 19.1. The van der Waals surface area contributed by atoms with Crippen LogP contribution in [0, 0.1) is 17.6 Å². The summed E-state index contributed by atoms with van der Waals surface area (Å²) in [6.07, 6.45) is 3.17. The number of nitrogens with zero attached hydrogens (tertiary/aromatic N) is 5. The van der Waals surface area contributed by atoms with Gasteiger partial charge in [0.05, 0.1) is 31.7 Å². The van der Waals surface area contributed by atoms with E-state index in [1.165, 1.54) is 32.5 Å². The number of rotatable bonds is 5. The highest BCUT2D eigenvalue weighted by molar-refractivity contribution is 5.68. The number of imidazole rings is 1. The van der Waals surface area contributed by atoms with Crippen LogP contribution < -0.4 is 9.47 Å². The molecular weight excluding hydrogens is 411 g/mol. The van der Waals surface area contributed by atoms with E-state index in [1.54, 1.807) is 6.07 Å². The minimum absolute atomic E-state index is 0.116. The van der Waals surface area contributed by atoms with Crippen molar-refractivity contribution in [3.8, 4) is 23.1 Å². The molecule has 5 rings (SSSR count). The number of fused-ring (bicyclic) bond motifs is 1. The number of hydrogen-bond donors (Lipinski definition) is 0. The van der Waals surface area contributed by atoms with Gasteiger partial charge >= 0.3 is 6.01 Å². The Morgan fingerprint density at radius 2 is 1.77 bits per heavy atom. The standard InChI is InChI=1S/C21H16F3N5O2/c1-30-20-15(8-26-21(27-20)31-2)17-7-14(19-25-9-18(24)29(19)28-17)13-6-12(13)11-4-3-10(22)5-16(11)23/h3-5,7-9,12-13H,6H2,1-2H3/t12-,13+/m1/s1. The summed E-state index contributed by atoms with van der Waals surface area (Å²) in [5.41, 5.74) is 2.25. The summed E-state index contributed by atoms with van der Waals surface area (Å²) in [4.78, 5) is 12.4. The molecule has 1 saturated carbocycles. The van der Waals surface area contributed by atoms with Gasteiger partial charge in [-0.25, -0.2) is 18.7 Å². The smallest absolute Gasteiger partial charge is 0.319 e. The predicted octanol–water partition coefficient (Wildman–Crippen LogP) is 3.89. The van der Waals surface area contributed by atoms with Gasteiger partial charge in [-0.15, -0.1) is 0 Å². The molecule has 1 aliphatic rings. The van der Waals surface area contributed by atoms with E-state index in [2.05, 4.69) is 20.1 Å². The third kappa shape index (κ3) is 3.24. The zero-order valence-electron chi connectivity index (χ0n) is 16.5. The molecule has 0 unspecified atom stereocenters. The minimum atomic E-state index is -0.642. The average molecular weight is 427 g/mol. The molecule has 0 radical (unpaired) electrons. The van der Waals surface area contributed by atoms with Crippen molar-refractivity contribution in [1.82, 2.24) is 24.6 Å². The molecule has 2 atom stereocenters. The Hall–Kier alpha value is -3.69. The largest absolute Gasteiger partial charge is 0.480 e. The molecule has 158 valence electrons. The van der Waals surface area contributed by atoms with Gasteiger partial charge in [-0.2, -0.15) is 19.0 Å². The normalized spacial score (nSPS) is 17.7. The number of hydrogen-bond acceptors (Lipinski definition) is 6. The van der Waals surface area contributed by atoms with Crippen LogP contribution in [0.3, 0.4) is 0 Å². The number of methoxy groups -OCH3 is 2. The first-order chi connectivity index (χ1) is 15.0. The van der Waals surface area contributed by atoms with Crippen LogP contribution in [0.2, 0.25) is 0 Å². The van der Waals surface area contributed by atoms with Gasteiger partial charge in [-0.3, -0.25) is 0 Å². The third-order valence-corrected chi connectivity index (χ3v) is 5.39. The Morgan fingerprint density at radius 1 is 0.968 bits per heavy atom.